The van der Waals surface area contributed by atoms with Crippen molar-refractivity contribution in [3.8, 4) is 0 Å². The van der Waals surface area contributed by atoms with Crippen molar-refractivity contribution in [1.82, 2.24) is 9.62 Å². The number of likely N-dealkylation sites (N-methyl/N-ethyl adjacent to an activating group) is 1. The SMILES string of the molecule is CN1CCCCC1CNS(=O)(=O)c1c(F)cc(N)cc1F. The molecule has 1 atom stereocenters. The molecule has 0 bridgehead atoms. The molecule has 0 aliphatic carbocycles. The summed E-state index contributed by atoms with van der Waals surface area (Å²) in [6.45, 7) is 1.01. The second-order valence-corrected chi connectivity index (χ2v) is 7.00. The third-order valence-electron chi connectivity index (χ3n) is 3.72. The normalized spacial score (nSPS) is 20.6. The first kappa shape index (κ1) is 16.1. The molecule has 0 aromatic heterocycles. The number of nitrogens with zero attached hydrogens (tertiary/aromatic N) is 1. The molecular weight excluding hydrogens is 300 g/mol. The van der Waals surface area contributed by atoms with Gasteiger partial charge in [-0.25, -0.2) is 21.9 Å². The van der Waals surface area contributed by atoms with E-state index in [0.717, 1.165) is 37.9 Å². The Balaban J connectivity index is 2.15. The molecule has 0 amide bonds. The highest BCUT2D eigenvalue weighted by atomic mass is 32.2. The van der Waals surface area contributed by atoms with Crippen LogP contribution in [0.4, 0.5) is 14.5 Å². The van der Waals surface area contributed by atoms with Gasteiger partial charge in [-0.3, -0.25) is 0 Å². The average molecular weight is 319 g/mol. The van der Waals surface area contributed by atoms with Crippen molar-refractivity contribution >= 4 is 15.7 Å². The lowest BCUT2D eigenvalue weighted by molar-refractivity contribution is 0.187. The van der Waals surface area contributed by atoms with E-state index >= 15 is 0 Å². The van der Waals surface area contributed by atoms with Crippen LogP contribution in [0, 0.1) is 11.6 Å². The summed E-state index contributed by atoms with van der Waals surface area (Å²) in [5, 5.41) is 0. The summed E-state index contributed by atoms with van der Waals surface area (Å²) in [6.07, 6.45) is 2.94. The lowest BCUT2D eigenvalue weighted by Crippen LogP contribution is -2.44. The second-order valence-electron chi connectivity index (χ2n) is 5.30. The Morgan fingerprint density at radius 1 is 1.33 bits per heavy atom. The van der Waals surface area contributed by atoms with Gasteiger partial charge in [0.2, 0.25) is 10.0 Å². The standard InChI is InChI=1S/C13H19F2N3O2S/c1-18-5-3-2-4-10(18)8-17-21(19,20)13-11(14)6-9(16)7-12(13)15/h6-7,10,17H,2-5,8,16H2,1H3. The minimum atomic E-state index is -4.24. The largest absolute Gasteiger partial charge is 0.399 e. The Morgan fingerprint density at radius 3 is 2.52 bits per heavy atom. The van der Waals surface area contributed by atoms with Gasteiger partial charge in [0, 0.05) is 18.3 Å². The predicted octanol–water partition coefficient (Wildman–Crippen LogP) is 1.31. The lowest BCUT2D eigenvalue weighted by atomic mass is 10.0. The maximum absolute atomic E-state index is 13.7. The number of anilines is 1. The summed E-state index contributed by atoms with van der Waals surface area (Å²) in [4.78, 5) is 1.07. The molecule has 2 rings (SSSR count). The Morgan fingerprint density at radius 2 is 1.95 bits per heavy atom. The van der Waals surface area contributed by atoms with Crippen molar-refractivity contribution in [3.63, 3.8) is 0 Å². The van der Waals surface area contributed by atoms with Crippen LogP contribution in [-0.2, 0) is 10.0 Å². The minimum absolute atomic E-state index is 0.0356. The maximum Gasteiger partial charge on any atom is 0.246 e. The summed E-state index contributed by atoms with van der Waals surface area (Å²) in [5.74, 6) is -2.37. The van der Waals surface area contributed by atoms with Crippen LogP contribution in [0.25, 0.3) is 0 Å². The first-order valence-corrected chi connectivity index (χ1v) is 8.24. The van der Waals surface area contributed by atoms with E-state index in [1.807, 2.05) is 11.9 Å². The van der Waals surface area contributed by atoms with Crippen LogP contribution in [0.15, 0.2) is 17.0 Å². The first-order valence-electron chi connectivity index (χ1n) is 6.75. The lowest BCUT2D eigenvalue weighted by Gasteiger charge is -2.32. The fourth-order valence-electron chi connectivity index (χ4n) is 2.52. The van der Waals surface area contributed by atoms with E-state index in [2.05, 4.69) is 4.72 Å². The van der Waals surface area contributed by atoms with Gasteiger partial charge >= 0.3 is 0 Å². The van der Waals surface area contributed by atoms with Gasteiger partial charge in [0.1, 0.15) is 11.6 Å². The zero-order valence-electron chi connectivity index (χ0n) is 11.8. The fourth-order valence-corrected chi connectivity index (χ4v) is 3.70. The van der Waals surface area contributed by atoms with Gasteiger partial charge in [-0.2, -0.15) is 0 Å². The van der Waals surface area contributed by atoms with Crippen LogP contribution >= 0.6 is 0 Å². The molecule has 21 heavy (non-hydrogen) atoms. The highest BCUT2D eigenvalue weighted by molar-refractivity contribution is 7.89. The van der Waals surface area contributed by atoms with E-state index < -0.39 is 26.6 Å². The molecule has 0 spiro atoms. The Labute approximate surface area is 123 Å². The molecule has 1 unspecified atom stereocenters. The van der Waals surface area contributed by atoms with Crippen molar-refractivity contribution in [2.75, 3.05) is 25.9 Å². The quantitative estimate of drug-likeness (QED) is 0.821. The molecule has 3 N–H and O–H groups in total. The number of sulfonamides is 1. The number of benzene rings is 1. The number of hydrogen-bond acceptors (Lipinski definition) is 4. The van der Waals surface area contributed by atoms with E-state index in [9.17, 15) is 17.2 Å². The van der Waals surface area contributed by atoms with Gasteiger partial charge in [0.15, 0.2) is 4.90 Å². The molecule has 1 heterocycles. The van der Waals surface area contributed by atoms with Crippen LogP contribution in [-0.4, -0.2) is 39.5 Å². The van der Waals surface area contributed by atoms with Crippen LogP contribution in [0.2, 0.25) is 0 Å². The van der Waals surface area contributed by atoms with Gasteiger partial charge in [-0.05, 0) is 38.6 Å². The van der Waals surface area contributed by atoms with Crippen molar-refractivity contribution in [2.45, 2.75) is 30.2 Å². The molecule has 118 valence electrons. The Kier molecular flexibility index (Phi) is 4.80. The topological polar surface area (TPSA) is 75.4 Å². The fraction of sp³-hybridized carbons (Fsp3) is 0.538. The van der Waals surface area contributed by atoms with Gasteiger partial charge in [-0.1, -0.05) is 6.42 Å². The molecule has 1 saturated heterocycles. The number of nitrogens with one attached hydrogen (secondary N) is 1. The van der Waals surface area contributed by atoms with Crippen molar-refractivity contribution < 1.29 is 17.2 Å². The van der Waals surface area contributed by atoms with Crippen LogP contribution in [0.3, 0.4) is 0 Å². The van der Waals surface area contributed by atoms with Gasteiger partial charge < -0.3 is 10.6 Å². The molecule has 1 aromatic carbocycles. The van der Waals surface area contributed by atoms with Gasteiger partial charge in [-0.15, -0.1) is 0 Å². The van der Waals surface area contributed by atoms with E-state index in [1.165, 1.54) is 0 Å². The second kappa shape index (κ2) is 6.25. The third-order valence-corrected chi connectivity index (χ3v) is 5.19. The Bertz CT molecular complexity index is 599. The zero-order valence-corrected chi connectivity index (χ0v) is 12.6. The maximum atomic E-state index is 13.7. The molecule has 1 aliphatic heterocycles. The minimum Gasteiger partial charge on any atom is -0.399 e. The molecule has 0 radical (unpaired) electrons. The number of rotatable bonds is 4. The van der Waals surface area contributed by atoms with Gasteiger partial charge in [0.05, 0.1) is 0 Å². The van der Waals surface area contributed by atoms with E-state index in [-0.39, 0.29) is 18.3 Å². The highest BCUT2D eigenvalue weighted by Crippen LogP contribution is 2.22. The molecule has 5 nitrogen and oxygen atoms in total. The summed E-state index contributed by atoms with van der Waals surface area (Å²) >= 11 is 0. The van der Waals surface area contributed by atoms with Crippen LogP contribution in [0.1, 0.15) is 19.3 Å². The predicted molar refractivity (Wildman–Crippen MR) is 76.2 cm³/mol. The van der Waals surface area contributed by atoms with Crippen molar-refractivity contribution in [1.29, 1.82) is 0 Å². The van der Waals surface area contributed by atoms with E-state index in [1.54, 1.807) is 0 Å². The molecule has 8 heteroatoms. The number of halogens is 2. The summed E-state index contributed by atoms with van der Waals surface area (Å²) in [7, 11) is -2.34. The van der Waals surface area contributed by atoms with Crippen LogP contribution in [0.5, 0.6) is 0 Å². The highest BCUT2D eigenvalue weighted by Gasteiger charge is 2.27. The molecule has 1 aromatic rings. The number of nitrogens with two attached hydrogens (primary N) is 1. The van der Waals surface area contributed by atoms with Crippen LogP contribution < -0.4 is 10.5 Å². The third kappa shape index (κ3) is 3.69. The summed E-state index contributed by atoms with van der Waals surface area (Å²) in [6, 6.07) is 1.63. The van der Waals surface area contributed by atoms with Crippen molar-refractivity contribution in [2.24, 2.45) is 0 Å². The van der Waals surface area contributed by atoms with E-state index in [4.69, 9.17) is 5.73 Å². The average Bonchev–Trinajstić information content (AvgIpc) is 2.36. The smallest absolute Gasteiger partial charge is 0.246 e. The van der Waals surface area contributed by atoms with Gasteiger partial charge in [0.25, 0.3) is 0 Å². The monoisotopic (exact) mass is 319 g/mol. The molecule has 0 saturated carbocycles. The molecular formula is C13H19F2N3O2S. The summed E-state index contributed by atoms with van der Waals surface area (Å²) < 4.78 is 53.9. The number of nitrogen functional groups attached to an aromatic ring is 1. The molecule has 1 aliphatic rings. The van der Waals surface area contributed by atoms with Crippen molar-refractivity contribution in [3.05, 3.63) is 23.8 Å². The Hall–Kier alpha value is -1.25. The van der Waals surface area contributed by atoms with E-state index in [0.29, 0.717) is 0 Å². The number of hydrogen-bond donors (Lipinski definition) is 2. The molecule has 1 fully saturated rings. The number of likely N-dealkylation sites (tertiary alicyclic amines) is 1. The first-order chi connectivity index (χ1) is 9.81. The zero-order chi connectivity index (χ0) is 15.6. The number of piperidine rings is 1. The summed E-state index contributed by atoms with van der Waals surface area (Å²) in [5.41, 5.74) is 5.12.